The van der Waals surface area contributed by atoms with Crippen LogP contribution in [0.2, 0.25) is 0 Å². The van der Waals surface area contributed by atoms with Gasteiger partial charge in [-0.05, 0) is 50.1 Å². The van der Waals surface area contributed by atoms with Gasteiger partial charge in [-0.3, -0.25) is 9.36 Å². The van der Waals surface area contributed by atoms with Crippen LogP contribution in [-0.4, -0.2) is 12.6 Å². The number of ether oxygens (including phenoxy) is 1. The predicted molar refractivity (Wildman–Crippen MR) is 127 cm³/mol. The number of carbonyl (C=O) groups is 1. The molecule has 4 nitrogen and oxygen atoms in total. The summed E-state index contributed by atoms with van der Waals surface area (Å²) in [5.74, 6) is -0.867. The van der Waals surface area contributed by atoms with Gasteiger partial charge in [0.05, 0.1) is 18.1 Å². The van der Waals surface area contributed by atoms with Crippen molar-refractivity contribution in [2.24, 2.45) is 5.92 Å². The lowest BCUT2D eigenvalue weighted by atomic mass is 9.77. The maximum Gasteiger partial charge on any atom is 0.310 e. The maximum atomic E-state index is 14.8. The summed E-state index contributed by atoms with van der Waals surface area (Å²) in [7, 11) is -3.30. The SMILES string of the molecule is CCOC(=O)[C@@H](C)[C@](CC)(NP(=O)(c1ccccc1)c1ccccc1)c1ccccc1. The number of benzene rings is 3. The third-order valence-corrected chi connectivity index (χ3v) is 8.59. The monoisotopic (exact) mass is 435 g/mol. The molecule has 0 aliphatic rings. The second-order valence-electron chi connectivity index (χ2n) is 7.56. The second-order valence-corrected chi connectivity index (χ2v) is 10.0. The number of rotatable bonds is 9. The Morgan fingerprint density at radius 3 is 1.74 bits per heavy atom. The van der Waals surface area contributed by atoms with Crippen molar-refractivity contribution in [2.75, 3.05) is 6.61 Å². The molecule has 0 saturated carbocycles. The number of hydrogen-bond acceptors (Lipinski definition) is 3. The first-order chi connectivity index (χ1) is 15.0. The lowest BCUT2D eigenvalue weighted by Gasteiger charge is -2.41. The third-order valence-electron chi connectivity index (χ3n) is 5.82. The van der Waals surface area contributed by atoms with Crippen LogP contribution in [-0.2, 0) is 19.6 Å². The van der Waals surface area contributed by atoms with Gasteiger partial charge in [0, 0.05) is 10.6 Å². The van der Waals surface area contributed by atoms with E-state index >= 15 is 0 Å². The molecule has 5 heteroatoms. The Morgan fingerprint density at radius 2 is 1.32 bits per heavy atom. The Balaban J connectivity index is 2.22. The normalized spacial score (nSPS) is 14.4. The molecule has 3 rings (SSSR count). The fourth-order valence-electron chi connectivity index (χ4n) is 4.04. The summed E-state index contributed by atoms with van der Waals surface area (Å²) in [5.41, 5.74) is 0.0273. The van der Waals surface area contributed by atoms with Crippen molar-refractivity contribution < 1.29 is 14.1 Å². The Kier molecular flexibility index (Phi) is 7.48. The average Bonchev–Trinajstić information content (AvgIpc) is 2.84. The van der Waals surface area contributed by atoms with Crippen LogP contribution in [0.25, 0.3) is 0 Å². The largest absolute Gasteiger partial charge is 0.466 e. The highest BCUT2D eigenvalue weighted by atomic mass is 31.2. The van der Waals surface area contributed by atoms with Crippen LogP contribution in [0.4, 0.5) is 0 Å². The summed E-state index contributed by atoms with van der Waals surface area (Å²) >= 11 is 0. The quantitative estimate of drug-likeness (QED) is 0.379. The Labute approximate surface area is 185 Å². The molecule has 0 saturated heterocycles. The van der Waals surface area contributed by atoms with Gasteiger partial charge in [-0.1, -0.05) is 73.7 Å². The molecular weight excluding hydrogens is 405 g/mol. The molecule has 2 atom stereocenters. The van der Waals surface area contributed by atoms with Crippen LogP contribution in [0.3, 0.4) is 0 Å². The van der Waals surface area contributed by atoms with Crippen molar-refractivity contribution >= 4 is 23.9 Å². The van der Waals surface area contributed by atoms with Gasteiger partial charge in [0.25, 0.3) is 0 Å². The summed E-state index contributed by atoms with van der Waals surface area (Å²) in [6.45, 7) is 5.96. The van der Waals surface area contributed by atoms with Gasteiger partial charge in [0.1, 0.15) is 0 Å². The zero-order chi connectivity index (χ0) is 22.3. The zero-order valence-electron chi connectivity index (χ0n) is 18.3. The van der Waals surface area contributed by atoms with E-state index in [0.29, 0.717) is 23.6 Å². The third kappa shape index (κ3) is 4.66. The molecule has 0 fully saturated rings. The highest BCUT2D eigenvalue weighted by molar-refractivity contribution is 7.77. The fourth-order valence-corrected chi connectivity index (χ4v) is 6.82. The van der Waals surface area contributed by atoms with E-state index in [4.69, 9.17) is 4.74 Å². The van der Waals surface area contributed by atoms with Crippen molar-refractivity contribution in [2.45, 2.75) is 32.7 Å². The van der Waals surface area contributed by atoms with Crippen molar-refractivity contribution in [3.05, 3.63) is 96.6 Å². The van der Waals surface area contributed by atoms with Crippen LogP contribution in [0.1, 0.15) is 32.8 Å². The van der Waals surface area contributed by atoms with Crippen LogP contribution >= 0.6 is 7.29 Å². The Bertz CT molecular complexity index is 981. The van der Waals surface area contributed by atoms with Gasteiger partial charge >= 0.3 is 5.97 Å². The first-order valence-electron chi connectivity index (χ1n) is 10.7. The minimum atomic E-state index is -3.30. The maximum absolute atomic E-state index is 14.8. The number of esters is 1. The summed E-state index contributed by atoms with van der Waals surface area (Å²) in [6, 6.07) is 28.6. The molecular formula is C26H30NO3P. The van der Waals surface area contributed by atoms with Gasteiger partial charge in [-0.15, -0.1) is 0 Å². The average molecular weight is 436 g/mol. The van der Waals surface area contributed by atoms with Gasteiger partial charge in [-0.2, -0.15) is 0 Å². The van der Waals surface area contributed by atoms with E-state index in [9.17, 15) is 9.36 Å². The highest BCUT2D eigenvalue weighted by Crippen LogP contribution is 2.47. The molecule has 0 heterocycles. The first kappa shape index (κ1) is 23.0. The molecule has 162 valence electrons. The minimum absolute atomic E-state index is 0.298. The topological polar surface area (TPSA) is 55.4 Å². The molecule has 0 aliphatic carbocycles. The van der Waals surface area contributed by atoms with E-state index in [1.807, 2.05) is 105 Å². The van der Waals surface area contributed by atoms with E-state index in [1.54, 1.807) is 6.92 Å². The van der Waals surface area contributed by atoms with Crippen LogP contribution < -0.4 is 15.7 Å². The van der Waals surface area contributed by atoms with Crippen LogP contribution in [0.15, 0.2) is 91.0 Å². The van der Waals surface area contributed by atoms with Crippen LogP contribution in [0.5, 0.6) is 0 Å². The van der Waals surface area contributed by atoms with Crippen LogP contribution in [0, 0.1) is 5.92 Å². The molecule has 0 amide bonds. The van der Waals surface area contributed by atoms with Crippen molar-refractivity contribution in [1.82, 2.24) is 5.09 Å². The summed E-state index contributed by atoms with van der Waals surface area (Å²) in [5, 5.41) is 4.94. The summed E-state index contributed by atoms with van der Waals surface area (Å²) in [6.07, 6.45) is 0.556. The minimum Gasteiger partial charge on any atom is -0.466 e. The molecule has 3 aromatic rings. The number of carbonyl (C=O) groups excluding carboxylic acids is 1. The molecule has 31 heavy (non-hydrogen) atoms. The van der Waals surface area contributed by atoms with Gasteiger partial charge < -0.3 is 4.74 Å². The summed E-state index contributed by atoms with van der Waals surface area (Å²) < 4.78 is 20.2. The lowest BCUT2D eigenvalue weighted by Crippen LogP contribution is -2.51. The molecule has 3 aromatic carbocycles. The van der Waals surface area contributed by atoms with Crippen molar-refractivity contribution in [3.8, 4) is 0 Å². The molecule has 0 spiro atoms. The number of hydrogen-bond donors (Lipinski definition) is 1. The molecule has 0 bridgehead atoms. The van der Waals surface area contributed by atoms with Crippen molar-refractivity contribution in [3.63, 3.8) is 0 Å². The fraction of sp³-hybridized carbons (Fsp3) is 0.269. The van der Waals surface area contributed by atoms with E-state index in [2.05, 4.69) is 5.09 Å². The highest BCUT2D eigenvalue weighted by Gasteiger charge is 2.46. The zero-order valence-corrected chi connectivity index (χ0v) is 19.2. The Hall–Kier alpha value is -2.68. The smallest absolute Gasteiger partial charge is 0.310 e. The van der Waals surface area contributed by atoms with Crippen molar-refractivity contribution in [1.29, 1.82) is 0 Å². The first-order valence-corrected chi connectivity index (χ1v) is 12.4. The predicted octanol–water partition coefficient (Wildman–Crippen LogP) is 5.01. The molecule has 0 aliphatic heterocycles. The summed E-state index contributed by atoms with van der Waals surface area (Å²) in [4.78, 5) is 12.9. The van der Waals surface area contributed by atoms with Gasteiger partial charge in [-0.25, -0.2) is 5.09 Å². The van der Waals surface area contributed by atoms with E-state index in [0.717, 1.165) is 5.56 Å². The Morgan fingerprint density at radius 1 is 0.871 bits per heavy atom. The van der Waals surface area contributed by atoms with Gasteiger partial charge in [0.15, 0.2) is 0 Å². The molecule has 0 unspecified atom stereocenters. The lowest BCUT2D eigenvalue weighted by molar-refractivity contribution is -0.150. The van der Waals surface area contributed by atoms with E-state index in [1.165, 1.54) is 0 Å². The molecule has 0 radical (unpaired) electrons. The van der Waals surface area contributed by atoms with E-state index in [-0.39, 0.29) is 5.97 Å². The number of nitrogens with one attached hydrogen (secondary N) is 1. The molecule has 1 N–H and O–H groups in total. The van der Waals surface area contributed by atoms with E-state index < -0.39 is 18.7 Å². The molecule has 0 aromatic heterocycles. The standard InChI is InChI=1S/C26H30NO3P/c1-4-26(21(3)25(28)30-5-2,22-15-9-6-10-16-22)27-31(29,23-17-11-7-12-18-23)24-19-13-8-14-20-24/h6-21H,4-5H2,1-3H3,(H,27,29)/t21-,26+/m1/s1. The second kappa shape index (κ2) is 10.1. The van der Waals surface area contributed by atoms with Gasteiger partial charge in [0.2, 0.25) is 7.29 Å².